The van der Waals surface area contributed by atoms with Crippen LogP contribution in [-0.4, -0.2) is 17.9 Å². The van der Waals surface area contributed by atoms with Gasteiger partial charge < -0.3 is 10.6 Å². The van der Waals surface area contributed by atoms with Gasteiger partial charge in [-0.15, -0.1) is 0 Å². The summed E-state index contributed by atoms with van der Waals surface area (Å²) in [6.45, 7) is 5.84. The molecule has 4 nitrogen and oxygen atoms in total. The Morgan fingerprint density at radius 3 is 2.12 bits per heavy atom. The van der Waals surface area contributed by atoms with Crippen LogP contribution in [0.2, 0.25) is 5.02 Å². The highest BCUT2D eigenvalue weighted by Crippen LogP contribution is 2.20. The van der Waals surface area contributed by atoms with Crippen LogP contribution in [0.1, 0.15) is 49.2 Å². The zero-order chi connectivity index (χ0) is 19.1. The topological polar surface area (TPSA) is 58.2 Å². The smallest absolute Gasteiger partial charge is 0.251 e. The summed E-state index contributed by atoms with van der Waals surface area (Å²) in [5, 5.41) is 6.55. The van der Waals surface area contributed by atoms with Crippen LogP contribution in [0.4, 0.5) is 0 Å². The molecule has 2 rings (SSSR count). The number of carbonyl (C=O) groups excluding carboxylic acids is 2. The third-order valence-corrected chi connectivity index (χ3v) is 4.52. The molecule has 0 heterocycles. The fourth-order valence-corrected chi connectivity index (χ4v) is 2.85. The molecule has 2 aromatic carbocycles. The van der Waals surface area contributed by atoms with E-state index in [4.69, 9.17) is 11.6 Å². The summed E-state index contributed by atoms with van der Waals surface area (Å²) >= 11 is 5.94. The minimum atomic E-state index is -0.607. The zero-order valence-corrected chi connectivity index (χ0v) is 16.1. The van der Waals surface area contributed by atoms with Gasteiger partial charge in [0.25, 0.3) is 5.91 Å². The highest BCUT2D eigenvalue weighted by Gasteiger charge is 2.26. The number of amides is 2. The number of carbonyl (C=O) groups is 2. The van der Waals surface area contributed by atoms with E-state index in [0.29, 0.717) is 10.6 Å². The van der Waals surface area contributed by atoms with Gasteiger partial charge in [0.15, 0.2) is 0 Å². The Bertz CT molecular complexity index is 729. The van der Waals surface area contributed by atoms with Crippen molar-refractivity contribution in [3.05, 3.63) is 70.7 Å². The number of benzene rings is 2. The molecular formula is C21H25ClN2O2. The molecule has 0 aromatic heterocycles. The molecular weight excluding hydrogens is 348 g/mol. The molecule has 0 saturated carbocycles. The van der Waals surface area contributed by atoms with Crippen molar-refractivity contribution in [1.82, 2.24) is 10.6 Å². The highest BCUT2D eigenvalue weighted by molar-refractivity contribution is 6.30. The van der Waals surface area contributed by atoms with Crippen LogP contribution in [0, 0.1) is 5.92 Å². The largest absolute Gasteiger partial charge is 0.348 e. The average molecular weight is 373 g/mol. The van der Waals surface area contributed by atoms with Crippen LogP contribution in [0.25, 0.3) is 0 Å². The molecule has 2 aromatic rings. The lowest BCUT2D eigenvalue weighted by Crippen LogP contribution is -2.50. The monoisotopic (exact) mass is 372 g/mol. The summed E-state index contributed by atoms with van der Waals surface area (Å²) in [4.78, 5) is 25.2. The van der Waals surface area contributed by atoms with Crippen LogP contribution < -0.4 is 10.6 Å². The first-order valence-electron chi connectivity index (χ1n) is 8.84. The van der Waals surface area contributed by atoms with Gasteiger partial charge in [0.1, 0.15) is 6.04 Å². The molecule has 2 unspecified atom stereocenters. The van der Waals surface area contributed by atoms with E-state index >= 15 is 0 Å². The normalized spacial score (nSPS) is 13.1. The summed E-state index contributed by atoms with van der Waals surface area (Å²) in [6.07, 6.45) is 0.741. The molecule has 2 atom stereocenters. The quantitative estimate of drug-likeness (QED) is 0.758. The molecule has 0 fully saturated rings. The number of hydrogen-bond acceptors (Lipinski definition) is 2. The molecule has 0 saturated heterocycles. The summed E-state index contributed by atoms with van der Waals surface area (Å²) in [7, 11) is 0. The van der Waals surface area contributed by atoms with E-state index in [1.807, 2.05) is 51.1 Å². The molecule has 138 valence electrons. The van der Waals surface area contributed by atoms with E-state index in [1.165, 1.54) is 0 Å². The van der Waals surface area contributed by atoms with Crippen molar-refractivity contribution in [2.75, 3.05) is 0 Å². The van der Waals surface area contributed by atoms with Gasteiger partial charge in [-0.2, -0.15) is 0 Å². The summed E-state index contributed by atoms with van der Waals surface area (Å²) < 4.78 is 0. The first kappa shape index (κ1) is 20.0. The summed E-state index contributed by atoms with van der Waals surface area (Å²) in [5.41, 5.74) is 1.53. The van der Waals surface area contributed by atoms with Crippen molar-refractivity contribution in [3.8, 4) is 0 Å². The third kappa shape index (κ3) is 5.33. The van der Waals surface area contributed by atoms with Crippen molar-refractivity contribution < 1.29 is 9.59 Å². The lowest BCUT2D eigenvalue weighted by atomic mass is 10.00. The average Bonchev–Trinajstić information content (AvgIpc) is 2.65. The van der Waals surface area contributed by atoms with Crippen LogP contribution in [0.3, 0.4) is 0 Å². The molecule has 0 bridgehead atoms. The van der Waals surface area contributed by atoms with Gasteiger partial charge in [-0.3, -0.25) is 9.59 Å². The standard InChI is InChI=1S/C21H25ClN2O2/c1-4-18(15-10-12-17(22)13-11-15)23-21(26)19(14(2)3)24-20(25)16-8-6-5-7-9-16/h5-14,18-19H,4H2,1-3H3,(H,23,26)(H,24,25). The molecule has 0 aliphatic carbocycles. The predicted molar refractivity (Wildman–Crippen MR) is 105 cm³/mol. The van der Waals surface area contributed by atoms with Crippen molar-refractivity contribution in [3.63, 3.8) is 0 Å². The maximum absolute atomic E-state index is 12.8. The number of halogens is 1. The Hall–Kier alpha value is -2.33. The predicted octanol–water partition coefficient (Wildman–Crippen LogP) is 4.36. The molecule has 0 aliphatic rings. The van der Waals surface area contributed by atoms with Crippen molar-refractivity contribution in [1.29, 1.82) is 0 Å². The molecule has 2 N–H and O–H groups in total. The van der Waals surface area contributed by atoms with E-state index in [0.717, 1.165) is 12.0 Å². The number of nitrogens with one attached hydrogen (secondary N) is 2. The van der Waals surface area contributed by atoms with Crippen LogP contribution in [0.15, 0.2) is 54.6 Å². The maximum atomic E-state index is 12.8. The second-order valence-corrected chi connectivity index (χ2v) is 7.02. The molecule has 0 radical (unpaired) electrons. The fourth-order valence-electron chi connectivity index (χ4n) is 2.73. The lowest BCUT2D eigenvalue weighted by Gasteiger charge is -2.25. The van der Waals surface area contributed by atoms with E-state index in [2.05, 4.69) is 10.6 Å². The van der Waals surface area contributed by atoms with Gasteiger partial charge in [-0.1, -0.05) is 62.7 Å². The Labute approximate surface area is 159 Å². The number of rotatable bonds is 7. The van der Waals surface area contributed by atoms with E-state index in [1.54, 1.807) is 24.3 Å². The summed E-state index contributed by atoms with van der Waals surface area (Å²) in [5.74, 6) is -0.476. The minimum Gasteiger partial charge on any atom is -0.348 e. The van der Waals surface area contributed by atoms with Gasteiger partial charge in [0.05, 0.1) is 6.04 Å². The van der Waals surface area contributed by atoms with Crippen molar-refractivity contribution >= 4 is 23.4 Å². The highest BCUT2D eigenvalue weighted by atomic mass is 35.5. The molecule has 26 heavy (non-hydrogen) atoms. The molecule has 2 amide bonds. The molecule has 0 spiro atoms. The first-order valence-corrected chi connectivity index (χ1v) is 9.22. The van der Waals surface area contributed by atoms with Gasteiger partial charge in [-0.25, -0.2) is 0 Å². The number of hydrogen-bond donors (Lipinski definition) is 2. The maximum Gasteiger partial charge on any atom is 0.251 e. The molecule has 0 aliphatic heterocycles. The third-order valence-electron chi connectivity index (χ3n) is 4.27. The van der Waals surface area contributed by atoms with E-state index in [9.17, 15) is 9.59 Å². The second kappa shape index (κ2) is 9.39. The Morgan fingerprint density at radius 2 is 1.58 bits per heavy atom. The van der Waals surface area contributed by atoms with Gasteiger partial charge in [0.2, 0.25) is 5.91 Å². The van der Waals surface area contributed by atoms with E-state index < -0.39 is 6.04 Å². The SMILES string of the molecule is CCC(NC(=O)C(NC(=O)c1ccccc1)C(C)C)c1ccc(Cl)cc1. The lowest BCUT2D eigenvalue weighted by molar-refractivity contribution is -0.124. The van der Waals surface area contributed by atoms with Gasteiger partial charge in [-0.05, 0) is 42.2 Å². The zero-order valence-electron chi connectivity index (χ0n) is 15.3. The molecule has 5 heteroatoms. The van der Waals surface area contributed by atoms with Crippen molar-refractivity contribution in [2.24, 2.45) is 5.92 Å². The summed E-state index contributed by atoms with van der Waals surface area (Å²) in [6, 6.07) is 15.6. The van der Waals surface area contributed by atoms with Crippen LogP contribution in [0.5, 0.6) is 0 Å². The second-order valence-electron chi connectivity index (χ2n) is 6.58. The van der Waals surface area contributed by atoms with Crippen LogP contribution in [-0.2, 0) is 4.79 Å². The fraction of sp³-hybridized carbons (Fsp3) is 0.333. The first-order chi connectivity index (χ1) is 12.4. The Balaban J connectivity index is 2.09. The van der Waals surface area contributed by atoms with Crippen molar-refractivity contribution in [2.45, 2.75) is 39.3 Å². The van der Waals surface area contributed by atoms with Crippen LogP contribution >= 0.6 is 11.6 Å². The Morgan fingerprint density at radius 1 is 0.962 bits per heavy atom. The Kier molecular flexibility index (Phi) is 7.22. The van der Waals surface area contributed by atoms with Gasteiger partial charge >= 0.3 is 0 Å². The van der Waals surface area contributed by atoms with Gasteiger partial charge in [0, 0.05) is 10.6 Å². The minimum absolute atomic E-state index is 0.0367. The van der Waals surface area contributed by atoms with E-state index in [-0.39, 0.29) is 23.8 Å².